The van der Waals surface area contributed by atoms with Gasteiger partial charge in [0.2, 0.25) is 5.91 Å². The number of likely N-dealkylation sites (tertiary alicyclic amines) is 1. The first-order valence-corrected chi connectivity index (χ1v) is 9.76. The van der Waals surface area contributed by atoms with Gasteiger partial charge in [0.25, 0.3) is 5.89 Å². The summed E-state index contributed by atoms with van der Waals surface area (Å²) >= 11 is 0. The fourth-order valence-corrected chi connectivity index (χ4v) is 4.52. The van der Waals surface area contributed by atoms with E-state index >= 15 is 0 Å². The van der Waals surface area contributed by atoms with Crippen molar-refractivity contribution in [3.8, 4) is 11.6 Å². The van der Waals surface area contributed by atoms with Gasteiger partial charge in [-0.05, 0) is 18.9 Å². The normalized spacial score (nSPS) is 21.4. The zero-order valence-electron chi connectivity index (χ0n) is 15.5. The predicted octanol–water partition coefficient (Wildman–Crippen LogP) is 3.27. The fraction of sp³-hybridized carbons (Fsp3) is 0.500. The van der Waals surface area contributed by atoms with Crippen molar-refractivity contribution in [2.75, 3.05) is 6.54 Å². The van der Waals surface area contributed by atoms with Gasteiger partial charge in [-0.25, -0.2) is 0 Å². The molecule has 1 aliphatic carbocycles. The van der Waals surface area contributed by atoms with Gasteiger partial charge in [-0.1, -0.05) is 42.6 Å². The lowest BCUT2D eigenvalue weighted by Gasteiger charge is -2.31. The molecule has 1 saturated carbocycles. The average molecular weight is 365 g/mol. The highest BCUT2D eigenvalue weighted by Crippen LogP contribution is 2.34. The number of aryl methyl sites for hydroxylation is 1. The van der Waals surface area contributed by atoms with Gasteiger partial charge < -0.3 is 9.42 Å². The Labute approximate surface area is 157 Å². The summed E-state index contributed by atoms with van der Waals surface area (Å²) in [7, 11) is 1.90. The van der Waals surface area contributed by atoms with Crippen LogP contribution in [0, 0.1) is 0 Å². The van der Waals surface area contributed by atoms with Crippen molar-refractivity contribution in [1.29, 1.82) is 0 Å². The molecule has 3 heterocycles. The SMILES string of the molecule is Cn1nc(-c2nc([C@H]3CC(=O)N(C4CCCCC4)C3)no2)c2ccccc21. The summed E-state index contributed by atoms with van der Waals surface area (Å²) in [5.74, 6) is 1.27. The molecule has 0 radical (unpaired) electrons. The molecule has 1 atom stereocenters. The van der Waals surface area contributed by atoms with Gasteiger partial charge >= 0.3 is 0 Å². The van der Waals surface area contributed by atoms with Crippen LogP contribution in [0.3, 0.4) is 0 Å². The molecule has 140 valence electrons. The highest BCUT2D eigenvalue weighted by atomic mass is 16.5. The monoisotopic (exact) mass is 365 g/mol. The summed E-state index contributed by atoms with van der Waals surface area (Å²) < 4.78 is 7.35. The number of hydrogen-bond acceptors (Lipinski definition) is 5. The topological polar surface area (TPSA) is 77.1 Å². The van der Waals surface area contributed by atoms with Crippen LogP contribution in [0.25, 0.3) is 22.5 Å². The number of hydrogen-bond donors (Lipinski definition) is 0. The lowest BCUT2D eigenvalue weighted by atomic mass is 9.94. The van der Waals surface area contributed by atoms with E-state index in [2.05, 4.69) is 20.1 Å². The van der Waals surface area contributed by atoms with Gasteiger partial charge in [0, 0.05) is 37.4 Å². The minimum Gasteiger partial charge on any atom is -0.339 e. The first kappa shape index (κ1) is 16.5. The van der Waals surface area contributed by atoms with Crippen LogP contribution in [0.2, 0.25) is 0 Å². The molecular weight excluding hydrogens is 342 g/mol. The van der Waals surface area contributed by atoms with Crippen LogP contribution in [0.1, 0.15) is 50.3 Å². The molecule has 3 aromatic rings. The third-order valence-corrected chi connectivity index (χ3v) is 5.94. The number of carbonyl (C=O) groups is 1. The average Bonchev–Trinajstić information content (AvgIpc) is 3.40. The second kappa shape index (κ2) is 6.48. The predicted molar refractivity (Wildman–Crippen MR) is 100.0 cm³/mol. The highest BCUT2D eigenvalue weighted by molar-refractivity contribution is 5.91. The number of rotatable bonds is 3. The number of benzene rings is 1. The lowest BCUT2D eigenvalue weighted by Crippen LogP contribution is -2.37. The van der Waals surface area contributed by atoms with E-state index < -0.39 is 0 Å². The molecule has 5 rings (SSSR count). The van der Waals surface area contributed by atoms with Gasteiger partial charge in [-0.3, -0.25) is 9.48 Å². The first-order chi connectivity index (χ1) is 13.2. The van der Waals surface area contributed by atoms with E-state index in [1.54, 1.807) is 0 Å². The van der Waals surface area contributed by atoms with Gasteiger partial charge in [0.15, 0.2) is 11.5 Å². The first-order valence-electron chi connectivity index (χ1n) is 9.76. The molecule has 0 spiro atoms. The number of fused-ring (bicyclic) bond motifs is 1. The summed E-state index contributed by atoms with van der Waals surface area (Å²) in [6.07, 6.45) is 6.44. The fourth-order valence-electron chi connectivity index (χ4n) is 4.52. The van der Waals surface area contributed by atoms with Gasteiger partial charge in [-0.15, -0.1) is 0 Å². The van der Waals surface area contributed by atoms with Crippen molar-refractivity contribution in [2.24, 2.45) is 7.05 Å². The van der Waals surface area contributed by atoms with Crippen molar-refractivity contribution in [2.45, 2.75) is 50.5 Å². The number of para-hydroxylation sites is 1. The Morgan fingerprint density at radius 1 is 1.15 bits per heavy atom. The van der Waals surface area contributed by atoms with Crippen LogP contribution < -0.4 is 0 Å². The number of nitrogens with zero attached hydrogens (tertiary/aromatic N) is 5. The van der Waals surface area contributed by atoms with E-state index in [-0.39, 0.29) is 11.8 Å². The second-order valence-corrected chi connectivity index (χ2v) is 7.69. The molecule has 0 N–H and O–H groups in total. The van der Waals surface area contributed by atoms with Gasteiger partial charge in [-0.2, -0.15) is 10.1 Å². The third-order valence-electron chi connectivity index (χ3n) is 5.94. The van der Waals surface area contributed by atoms with Crippen molar-refractivity contribution in [3.05, 3.63) is 30.1 Å². The smallest absolute Gasteiger partial charge is 0.279 e. The second-order valence-electron chi connectivity index (χ2n) is 7.69. The molecule has 1 aromatic carbocycles. The Balaban J connectivity index is 1.40. The molecule has 0 unspecified atom stereocenters. The van der Waals surface area contributed by atoms with Crippen molar-refractivity contribution in [1.82, 2.24) is 24.8 Å². The van der Waals surface area contributed by atoms with E-state index in [4.69, 9.17) is 4.52 Å². The Morgan fingerprint density at radius 2 is 1.96 bits per heavy atom. The summed E-state index contributed by atoms with van der Waals surface area (Å²) in [5.41, 5.74) is 1.71. The molecule has 1 saturated heterocycles. The zero-order valence-corrected chi connectivity index (χ0v) is 15.5. The summed E-state index contributed by atoms with van der Waals surface area (Å²) in [5, 5.41) is 9.72. The van der Waals surface area contributed by atoms with Crippen molar-refractivity contribution in [3.63, 3.8) is 0 Å². The number of aromatic nitrogens is 4. The maximum Gasteiger partial charge on any atom is 0.279 e. The third kappa shape index (κ3) is 2.81. The summed E-state index contributed by atoms with van der Waals surface area (Å²) in [6.45, 7) is 0.700. The van der Waals surface area contributed by atoms with E-state index in [1.807, 2.05) is 36.0 Å². The maximum atomic E-state index is 12.5. The molecule has 1 aliphatic heterocycles. The molecule has 27 heavy (non-hydrogen) atoms. The molecule has 7 heteroatoms. The van der Waals surface area contributed by atoms with Crippen LogP contribution in [0.4, 0.5) is 0 Å². The van der Waals surface area contributed by atoms with E-state index in [0.29, 0.717) is 36.4 Å². The minimum atomic E-state index is 0.00639. The molecule has 0 bridgehead atoms. The molecular formula is C20H23N5O2. The van der Waals surface area contributed by atoms with Crippen molar-refractivity contribution < 1.29 is 9.32 Å². The maximum absolute atomic E-state index is 12.5. The number of carbonyl (C=O) groups excluding carboxylic acids is 1. The summed E-state index contributed by atoms with van der Waals surface area (Å²) in [6, 6.07) is 8.37. The Morgan fingerprint density at radius 3 is 2.81 bits per heavy atom. The van der Waals surface area contributed by atoms with Crippen LogP contribution in [-0.4, -0.2) is 43.3 Å². The quantitative estimate of drug-likeness (QED) is 0.712. The number of amides is 1. The Hall–Kier alpha value is -2.70. The van der Waals surface area contributed by atoms with E-state index in [1.165, 1.54) is 19.3 Å². The van der Waals surface area contributed by atoms with Crippen LogP contribution in [0.15, 0.2) is 28.8 Å². The molecule has 7 nitrogen and oxygen atoms in total. The van der Waals surface area contributed by atoms with Crippen molar-refractivity contribution >= 4 is 16.8 Å². The largest absolute Gasteiger partial charge is 0.339 e. The van der Waals surface area contributed by atoms with E-state index in [0.717, 1.165) is 23.7 Å². The zero-order chi connectivity index (χ0) is 18.4. The minimum absolute atomic E-state index is 0.00639. The van der Waals surface area contributed by atoms with Crippen LogP contribution in [0.5, 0.6) is 0 Å². The van der Waals surface area contributed by atoms with Crippen LogP contribution >= 0.6 is 0 Å². The summed E-state index contributed by atoms with van der Waals surface area (Å²) in [4.78, 5) is 19.2. The van der Waals surface area contributed by atoms with Gasteiger partial charge in [0.1, 0.15) is 0 Å². The molecule has 2 fully saturated rings. The molecule has 2 aliphatic rings. The van der Waals surface area contributed by atoms with E-state index in [9.17, 15) is 4.79 Å². The molecule has 2 aromatic heterocycles. The van der Waals surface area contributed by atoms with Gasteiger partial charge in [0.05, 0.1) is 5.52 Å². The highest BCUT2D eigenvalue weighted by Gasteiger charge is 2.37. The standard InChI is InChI=1S/C20H23N5O2/c1-24-16-10-6-5-9-15(16)18(22-24)20-21-19(23-27-20)13-11-17(26)25(12-13)14-7-3-2-4-8-14/h5-6,9-10,13-14H,2-4,7-8,11-12H2,1H3/t13-/m0/s1. The molecule has 1 amide bonds. The lowest BCUT2D eigenvalue weighted by molar-refractivity contribution is -0.130. The van der Waals surface area contributed by atoms with Crippen LogP contribution in [-0.2, 0) is 11.8 Å². The Kier molecular flexibility index (Phi) is 3.95. The Bertz CT molecular complexity index is 985.